The quantitative estimate of drug-likeness (QED) is 0.821. The average Bonchev–Trinajstić information content (AvgIpc) is 3.37. The highest BCUT2D eigenvalue weighted by Gasteiger charge is 2.31. The number of rotatable bonds is 7. The van der Waals surface area contributed by atoms with Crippen LogP contribution in [0.1, 0.15) is 31.7 Å². The third-order valence-corrected chi connectivity index (χ3v) is 4.04. The van der Waals surface area contributed by atoms with E-state index in [4.69, 9.17) is 18.7 Å². The number of hydrogen-bond donors (Lipinski definition) is 1. The number of methoxy groups -OCH3 is 3. The minimum absolute atomic E-state index is 0.0278. The fourth-order valence-corrected chi connectivity index (χ4v) is 2.48. The molecule has 1 amide bonds. The summed E-state index contributed by atoms with van der Waals surface area (Å²) in [6.45, 7) is 1.81. The van der Waals surface area contributed by atoms with Crippen LogP contribution in [0.15, 0.2) is 16.7 Å². The van der Waals surface area contributed by atoms with Gasteiger partial charge in [-0.05, 0) is 31.9 Å². The molecule has 0 saturated heterocycles. The Morgan fingerprint density at radius 3 is 2.36 bits per heavy atom. The fourth-order valence-electron chi connectivity index (χ4n) is 2.48. The Morgan fingerprint density at radius 2 is 1.84 bits per heavy atom. The zero-order chi connectivity index (χ0) is 18.0. The topological polar surface area (TPSA) is 95.7 Å². The highest BCUT2D eigenvalue weighted by atomic mass is 16.5. The van der Waals surface area contributed by atoms with Gasteiger partial charge < -0.3 is 24.1 Å². The molecule has 2 aromatic rings. The Morgan fingerprint density at radius 1 is 1.20 bits per heavy atom. The number of benzene rings is 1. The molecule has 134 valence electrons. The molecule has 1 aliphatic rings. The van der Waals surface area contributed by atoms with Gasteiger partial charge in [-0.25, -0.2) is 0 Å². The van der Waals surface area contributed by atoms with Crippen molar-refractivity contribution in [2.24, 2.45) is 5.92 Å². The number of carbonyl (C=O) groups is 1. The van der Waals surface area contributed by atoms with Gasteiger partial charge in [-0.1, -0.05) is 5.16 Å². The van der Waals surface area contributed by atoms with Crippen LogP contribution in [0.2, 0.25) is 0 Å². The van der Waals surface area contributed by atoms with E-state index in [2.05, 4.69) is 15.5 Å². The first-order chi connectivity index (χ1) is 12.1. The van der Waals surface area contributed by atoms with Crippen molar-refractivity contribution in [1.82, 2.24) is 15.5 Å². The predicted molar refractivity (Wildman–Crippen MR) is 88.7 cm³/mol. The molecule has 1 aliphatic carbocycles. The molecule has 1 N–H and O–H groups in total. The molecule has 8 heteroatoms. The van der Waals surface area contributed by atoms with Crippen LogP contribution in [-0.4, -0.2) is 37.4 Å². The van der Waals surface area contributed by atoms with Crippen LogP contribution in [0, 0.1) is 5.92 Å². The average molecular weight is 347 g/mol. The van der Waals surface area contributed by atoms with Crippen molar-refractivity contribution >= 4 is 5.91 Å². The van der Waals surface area contributed by atoms with Crippen LogP contribution < -0.4 is 19.5 Å². The van der Waals surface area contributed by atoms with Crippen molar-refractivity contribution in [3.63, 3.8) is 0 Å². The predicted octanol–water partition coefficient (Wildman–Crippen LogP) is 2.35. The van der Waals surface area contributed by atoms with Crippen molar-refractivity contribution in [2.75, 3.05) is 21.3 Å². The summed E-state index contributed by atoms with van der Waals surface area (Å²) in [5, 5.41) is 6.87. The lowest BCUT2D eigenvalue weighted by Crippen LogP contribution is -2.28. The Labute approximate surface area is 145 Å². The zero-order valence-corrected chi connectivity index (χ0v) is 14.7. The maximum absolute atomic E-state index is 11.9. The Bertz CT molecular complexity index is 744. The largest absolute Gasteiger partial charge is 0.493 e. The molecule has 1 aromatic heterocycles. The molecule has 1 atom stereocenters. The molecule has 0 aliphatic heterocycles. The normalized spacial score (nSPS) is 14.7. The van der Waals surface area contributed by atoms with E-state index in [1.165, 1.54) is 21.3 Å². The minimum atomic E-state index is -0.351. The summed E-state index contributed by atoms with van der Waals surface area (Å²) in [7, 11) is 4.62. The molecule has 25 heavy (non-hydrogen) atoms. The monoisotopic (exact) mass is 347 g/mol. The molecule has 1 heterocycles. The lowest BCUT2D eigenvalue weighted by atomic mass is 10.1. The van der Waals surface area contributed by atoms with Gasteiger partial charge in [0.1, 0.15) is 6.04 Å². The second kappa shape index (κ2) is 7.00. The third kappa shape index (κ3) is 3.52. The van der Waals surface area contributed by atoms with Gasteiger partial charge in [0.2, 0.25) is 23.4 Å². The molecular formula is C17H21N3O5. The smallest absolute Gasteiger partial charge is 0.249 e. The lowest BCUT2D eigenvalue weighted by molar-refractivity contribution is -0.123. The molecule has 0 radical (unpaired) electrons. The van der Waals surface area contributed by atoms with Crippen molar-refractivity contribution in [3.05, 3.63) is 18.0 Å². The summed E-state index contributed by atoms with van der Waals surface area (Å²) < 4.78 is 21.3. The van der Waals surface area contributed by atoms with Crippen molar-refractivity contribution < 1.29 is 23.5 Å². The number of amides is 1. The number of nitrogens with zero attached hydrogens (tertiary/aromatic N) is 2. The molecule has 0 unspecified atom stereocenters. The molecule has 0 spiro atoms. The second-order valence-corrected chi connectivity index (χ2v) is 5.87. The molecule has 0 bridgehead atoms. The van der Waals surface area contributed by atoms with Crippen LogP contribution in [0.4, 0.5) is 0 Å². The number of ether oxygens (including phenoxy) is 3. The Hall–Kier alpha value is -2.77. The van der Waals surface area contributed by atoms with E-state index in [-0.39, 0.29) is 17.9 Å². The summed E-state index contributed by atoms with van der Waals surface area (Å²) in [5.74, 6) is 2.36. The lowest BCUT2D eigenvalue weighted by Gasteiger charge is -2.12. The van der Waals surface area contributed by atoms with Crippen LogP contribution in [-0.2, 0) is 4.79 Å². The van der Waals surface area contributed by atoms with Crippen LogP contribution in [0.25, 0.3) is 11.4 Å². The molecule has 1 saturated carbocycles. The van der Waals surface area contributed by atoms with Gasteiger partial charge in [0.05, 0.1) is 21.3 Å². The third-order valence-electron chi connectivity index (χ3n) is 4.04. The van der Waals surface area contributed by atoms with E-state index >= 15 is 0 Å². The first-order valence-corrected chi connectivity index (χ1v) is 8.01. The van der Waals surface area contributed by atoms with Gasteiger partial charge in [0, 0.05) is 11.5 Å². The van der Waals surface area contributed by atoms with Gasteiger partial charge in [0.25, 0.3) is 0 Å². The summed E-state index contributed by atoms with van der Waals surface area (Å²) in [5.41, 5.74) is 0.658. The van der Waals surface area contributed by atoms with Crippen LogP contribution >= 0.6 is 0 Å². The maximum Gasteiger partial charge on any atom is 0.249 e. The van der Waals surface area contributed by atoms with Crippen molar-refractivity contribution in [1.29, 1.82) is 0 Å². The van der Waals surface area contributed by atoms with E-state index in [9.17, 15) is 4.79 Å². The van der Waals surface area contributed by atoms with Gasteiger partial charge in [-0.15, -0.1) is 0 Å². The molecule has 1 aromatic carbocycles. The summed E-state index contributed by atoms with van der Waals surface area (Å²) >= 11 is 0. The second-order valence-electron chi connectivity index (χ2n) is 5.87. The summed E-state index contributed by atoms with van der Waals surface area (Å²) in [6, 6.07) is 3.13. The maximum atomic E-state index is 11.9. The van der Waals surface area contributed by atoms with Crippen molar-refractivity contribution in [3.8, 4) is 28.6 Å². The van der Waals surface area contributed by atoms with Crippen LogP contribution in [0.3, 0.4) is 0 Å². The fraction of sp³-hybridized carbons (Fsp3) is 0.471. The Balaban J connectivity index is 1.84. The number of aromatic nitrogens is 2. The molecule has 3 rings (SSSR count). The minimum Gasteiger partial charge on any atom is -0.493 e. The number of hydrogen-bond acceptors (Lipinski definition) is 7. The van der Waals surface area contributed by atoms with E-state index in [1.54, 1.807) is 12.1 Å². The highest BCUT2D eigenvalue weighted by Crippen LogP contribution is 2.40. The summed E-state index contributed by atoms with van der Waals surface area (Å²) in [6.07, 6.45) is 1.89. The van der Waals surface area contributed by atoms with E-state index in [0.717, 1.165) is 12.8 Å². The SMILES string of the molecule is COc1cc(-c2noc([C@H](C)NC(=O)C3CC3)n2)cc(OC)c1OC. The van der Waals surface area contributed by atoms with Gasteiger partial charge >= 0.3 is 0 Å². The van der Waals surface area contributed by atoms with Gasteiger partial charge in [-0.3, -0.25) is 4.79 Å². The number of carbonyl (C=O) groups excluding carboxylic acids is 1. The molecule has 8 nitrogen and oxygen atoms in total. The molecule has 1 fully saturated rings. The van der Waals surface area contributed by atoms with Crippen molar-refractivity contribution in [2.45, 2.75) is 25.8 Å². The van der Waals surface area contributed by atoms with E-state index < -0.39 is 0 Å². The van der Waals surface area contributed by atoms with Crippen LogP contribution in [0.5, 0.6) is 17.2 Å². The van der Waals surface area contributed by atoms with E-state index in [1.807, 2.05) is 6.92 Å². The first-order valence-electron chi connectivity index (χ1n) is 8.01. The molecular weight excluding hydrogens is 326 g/mol. The highest BCUT2D eigenvalue weighted by molar-refractivity contribution is 5.81. The van der Waals surface area contributed by atoms with E-state index in [0.29, 0.717) is 34.5 Å². The zero-order valence-electron chi connectivity index (χ0n) is 14.7. The van der Waals surface area contributed by atoms with Gasteiger partial charge in [-0.2, -0.15) is 4.98 Å². The number of nitrogens with one attached hydrogen (secondary N) is 1. The standard InChI is InChI=1S/C17H21N3O5/c1-9(18-16(21)10-5-6-10)17-19-15(20-25-17)11-7-12(22-2)14(24-4)13(8-11)23-3/h7-10H,5-6H2,1-4H3,(H,18,21)/t9-/m0/s1. The Kier molecular flexibility index (Phi) is 4.78. The summed E-state index contributed by atoms with van der Waals surface area (Å²) in [4.78, 5) is 16.2. The van der Waals surface area contributed by atoms with Gasteiger partial charge in [0.15, 0.2) is 11.5 Å². The first kappa shape index (κ1) is 17.1.